The molecule has 0 saturated heterocycles. The standard InChI is InChI=1S/C6H6ClFN2O/c1-3(11)4-2-5(7)9-10-6(4)8/h2-3,11H,1H3. The Kier molecular flexibility index (Phi) is 2.36. The van der Waals surface area contributed by atoms with Crippen LogP contribution in [-0.4, -0.2) is 15.3 Å². The highest BCUT2D eigenvalue weighted by molar-refractivity contribution is 6.29. The lowest BCUT2D eigenvalue weighted by Crippen LogP contribution is -2.00. The number of nitrogens with zero attached hydrogens (tertiary/aromatic N) is 2. The second-order valence-electron chi connectivity index (χ2n) is 2.09. The molecule has 1 aromatic heterocycles. The molecule has 0 aliphatic heterocycles. The first-order valence-electron chi connectivity index (χ1n) is 2.98. The second-order valence-corrected chi connectivity index (χ2v) is 2.48. The van der Waals surface area contributed by atoms with Crippen LogP contribution in [0.5, 0.6) is 0 Å². The first-order valence-corrected chi connectivity index (χ1v) is 3.35. The molecule has 11 heavy (non-hydrogen) atoms. The fourth-order valence-corrected chi connectivity index (χ4v) is 0.814. The van der Waals surface area contributed by atoms with E-state index in [1.807, 2.05) is 0 Å². The zero-order valence-corrected chi connectivity index (χ0v) is 6.51. The topological polar surface area (TPSA) is 46.0 Å². The maximum atomic E-state index is 12.6. The molecule has 0 fully saturated rings. The monoisotopic (exact) mass is 176 g/mol. The molecule has 3 nitrogen and oxygen atoms in total. The fourth-order valence-electron chi connectivity index (χ4n) is 0.659. The smallest absolute Gasteiger partial charge is 0.239 e. The number of rotatable bonds is 1. The van der Waals surface area contributed by atoms with E-state index >= 15 is 0 Å². The number of hydrogen-bond acceptors (Lipinski definition) is 3. The molecule has 0 aliphatic carbocycles. The molecule has 60 valence electrons. The minimum atomic E-state index is -0.914. The Bertz CT molecular complexity index is 267. The van der Waals surface area contributed by atoms with Crippen LogP contribution in [0.15, 0.2) is 6.07 Å². The van der Waals surface area contributed by atoms with Gasteiger partial charge >= 0.3 is 0 Å². The van der Waals surface area contributed by atoms with Crippen molar-refractivity contribution in [3.05, 3.63) is 22.7 Å². The third-order valence-corrected chi connectivity index (χ3v) is 1.38. The van der Waals surface area contributed by atoms with E-state index in [1.54, 1.807) is 0 Å². The fraction of sp³-hybridized carbons (Fsp3) is 0.333. The predicted octanol–water partition coefficient (Wildman–Crippen LogP) is 1.32. The number of hydrogen-bond donors (Lipinski definition) is 1. The molecule has 1 rings (SSSR count). The number of aliphatic hydroxyl groups excluding tert-OH is 1. The maximum absolute atomic E-state index is 12.6. The van der Waals surface area contributed by atoms with Crippen molar-refractivity contribution < 1.29 is 9.50 Å². The van der Waals surface area contributed by atoms with Crippen LogP contribution in [0, 0.1) is 5.95 Å². The predicted molar refractivity (Wildman–Crippen MR) is 37.6 cm³/mol. The molecule has 0 saturated carbocycles. The van der Waals surface area contributed by atoms with E-state index in [4.69, 9.17) is 16.7 Å². The summed E-state index contributed by atoms with van der Waals surface area (Å²) in [6, 6.07) is 1.24. The lowest BCUT2D eigenvalue weighted by Gasteiger charge is -2.03. The molecule has 1 heterocycles. The first kappa shape index (κ1) is 8.36. The summed E-state index contributed by atoms with van der Waals surface area (Å²) in [6.07, 6.45) is -0.914. The summed E-state index contributed by atoms with van der Waals surface area (Å²) in [5.74, 6) is -0.788. The van der Waals surface area contributed by atoms with Gasteiger partial charge in [-0.2, -0.15) is 4.39 Å². The summed E-state index contributed by atoms with van der Waals surface area (Å²) in [6.45, 7) is 1.43. The zero-order valence-electron chi connectivity index (χ0n) is 5.75. The average Bonchev–Trinajstić information content (AvgIpc) is 1.94. The molecule has 1 aromatic rings. The van der Waals surface area contributed by atoms with Gasteiger partial charge in [0.25, 0.3) is 0 Å². The summed E-state index contributed by atoms with van der Waals surface area (Å²) in [7, 11) is 0. The number of halogens is 2. The highest BCUT2D eigenvalue weighted by Gasteiger charge is 2.09. The van der Waals surface area contributed by atoms with Crippen LogP contribution in [0.25, 0.3) is 0 Å². The van der Waals surface area contributed by atoms with Crippen LogP contribution in [0.4, 0.5) is 4.39 Å². The van der Waals surface area contributed by atoms with Crippen molar-refractivity contribution in [2.24, 2.45) is 0 Å². The lowest BCUT2D eigenvalue weighted by atomic mass is 10.2. The third kappa shape index (κ3) is 1.85. The second kappa shape index (κ2) is 3.11. The molecule has 5 heteroatoms. The Labute approximate surface area is 67.8 Å². The molecular weight excluding hydrogens is 171 g/mol. The van der Waals surface area contributed by atoms with Gasteiger partial charge in [0, 0.05) is 5.56 Å². The van der Waals surface area contributed by atoms with Crippen molar-refractivity contribution in [1.29, 1.82) is 0 Å². The van der Waals surface area contributed by atoms with Crippen LogP contribution in [0.3, 0.4) is 0 Å². The molecule has 0 radical (unpaired) electrons. The third-order valence-electron chi connectivity index (χ3n) is 1.20. The summed E-state index contributed by atoms with van der Waals surface area (Å²) >= 11 is 5.41. The van der Waals surface area contributed by atoms with Gasteiger partial charge in [-0.15, -0.1) is 10.2 Å². The van der Waals surface area contributed by atoms with Crippen molar-refractivity contribution in [1.82, 2.24) is 10.2 Å². The number of aliphatic hydroxyl groups is 1. The molecule has 1 unspecified atom stereocenters. The minimum absolute atomic E-state index is 0.0602. The summed E-state index contributed by atoms with van der Waals surface area (Å²) < 4.78 is 12.6. The largest absolute Gasteiger partial charge is 0.389 e. The highest BCUT2D eigenvalue weighted by Crippen LogP contribution is 2.16. The van der Waals surface area contributed by atoms with E-state index < -0.39 is 12.1 Å². The van der Waals surface area contributed by atoms with E-state index in [0.29, 0.717) is 0 Å². The minimum Gasteiger partial charge on any atom is -0.389 e. The molecule has 0 bridgehead atoms. The Morgan fingerprint density at radius 1 is 1.64 bits per heavy atom. The molecule has 0 spiro atoms. The van der Waals surface area contributed by atoms with E-state index in [1.165, 1.54) is 13.0 Å². The van der Waals surface area contributed by atoms with Crippen LogP contribution in [-0.2, 0) is 0 Å². The van der Waals surface area contributed by atoms with Crippen LogP contribution in [0.1, 0.15) is 18.6 Å². The summed E-state index contributed by atoms with van der Waals surface area (Å²) in [5, 5.41) is 15.4. The van der Waals surface area contributed by atoms with Crippen LogP contribution < -0.4 is 0 Å². The Balaban J connectivity index is 3.13. The first-order chi connectivity index (χ1) is 5.11. The van der Waals surface area contributed by atoms with Crippen molar-refractivity contribution in [3.8, 4) is 0 Å². The van der Waals surface area contributed by atoms with Gasteiger partial charge in [-0.1, -0.05) is 11.6 Å². The summed E-state index contributed by atoms with van der Waals surface area (Å²) in [4.78, 5) is 0. The Morgan fingerprint density at radius 3 is 2.73 bits per heavy atom. The SMILES string of the molecule is CC(O)c1cc(Cl)nnc1F. The maximum Gasteiger partial charge on any atom is 0.239 e. The summed E-state index contributed by atoms with van der Waals surface area (Å²) in [5.41, 5.74) is 0.0602. The van der Waals surface area contributed by atoms with E-state index in [0.717, 1.165) is 0 Å². The van der Waals surface area contributed by atoms with Crippen molar-refractivity contribution >= 4 is 11.6 Å². The average molecular weight is 177 g/mol. The molecule has 1 atom stereocenters. The van der Waals surface area contributed by atoms with Crippen LogP contribution in [0.2, 0.25) is 5.15 Å². The normalized spacial score (nSPS) is 13.1. The van der Waals surface area contributed by atoms with E-state index in [-0.39, 0.29) is 10.7 Å². The van der Waals surface area contributed by atoms with Crippen molar-refractivity contribution in [3.63, 3.8) is 0 Å². The molecule has 0 aromatic carbocycles. The lowest BCUT2D eigenvalue weighted by molar-refractivity contribution is 0.192. The van der Waals surface area contributed by atoms with Gasteiger partial charge in [-0.05, 0) is 13.0 Å². The molecular formula is C6H6ClFN2O. The van der Waals surface area contributed by atoms with Gasteiger partial charge < -0.3 is 5.11 Å². The molecule has 1 N–H and O–H groups in total. The number of aromatic nitrogens is 2. The van der Waals surface area contributed by atoms with Crippen LogP contribution >= 0.6 is 11.6 Å². The van der Waals surface area contributed by atoms with Gasteiger partial charge in [0.2, 0.25) is 5.95 Å². The van der Waals surface area contributed by atoms with Gasteiger partial charge in [0.1, 0.15) is 0 Å². The van der Waals surface area contributed by atoms with Gasteiger partial charge in [-0.25, -0.2) is 0 Å². The van der Waals surface area contributed by atoms with Gasteiger partial charge in [0.15, 0.2) is 5.15 Å². The molecule has 0 aliphatic rings. The quantitative estimate of drug-likeness (QED) is 0.702. The zero-order chi connectivity index (χ0) is 8.43. The van der Waals surface area contributed by atoms with Gasteiger partial charge in [0.05, 0.1) is 6.10 Å². The van der Waals surface area contributed by atoms with Crippen molar-refractivity contribution in [2.75, 3.05) is 0 Å². The van der Waals surface area contributed by atoms with Gasteiger partial charge in [-0.3, -0.25) is 0 Å². The van der Waals surface area contributed by atoms with Crippen molar-refractivity contribution in [2.45, 2.75) is 13.0 Å². The van der Waals surface area contributed by atoms with E-state index in [2.05, 4.69) is 10.2 Å². The Morgan fingerprint density at radius 2 is 2.27 bits per heavy atom. The Hall–Kier alpha value is -0.740. The molecule has 0 amide bonds. The van der Waals surface area contributed by atoms with E-state index in [9.17, 15) is 4.39 Å². The highest BCUT2D eigenvalue weighted by atomic mass is 35.5.